The van der Waals surface area contributed by atoms with Gasteiger partial charge in [0.2, 0.25) is 0 Å². The van der Waals surface area contributed by atoms with Gasteiger partial charge in [0.25, 0.3) is 0 Å². The molecule has 0 atom stereocenters. The van der Waals surface area contributed by atoms with Crippen LogP contribution in [0.4, 0.5) is 93.4 Å². The van der Waals surface area contributed by atoms with Gasteiger partial charge in [-0.05, 0) is 214 Å². The number of nitrogens with zero attached hydrogens (tertiary/aromatic N) is 12. The van der Waals surface area contributed by atoms with Gasteiger partial charge in [0.1, 0.15) is 69.0 Å². The van der Waals surface area contributed by atoms with Crippen LogP contribution in [0.25, 0.3) is 31.9 Å². The minimum absolute atomic E-state index is 0. The van der Waals surface area contributed by atoms with E-state index in [1.165, 1.54) is 38.0 Å². The summed E-state index contributed by atoms with van der Waals surface area (Å²) in [6.07, 6.45) is 11.9. The minimum atomic E-state index is -10.7. The number of methoxy groups -OCH3 is 12. The van der Waals surface area contributed by atoms with Gasteiger partial charge in [-0.25, -0.2) is 0 Å². The van der Waals surface area contributed by atoms with Crippen molar-refractivity contribution in [3.8, 4) is 92.0 Å². The van der Waals surface area contributed by atoms with Crippen molar-refractivity contribution in [2.75, 3.05) is 90.7 Å². The molecule has 3 radical (unpaired) electrons. The molecule has 0 fully saturated rings. The summed E-state index contributed by atoms with van der Waals surface area (Å²) in [5, 5.41) is 67.0. The summed E-state index contributed by atoms with van der Waals surface area (Å²) in [4.78, 5) is 25.4. The van der Waals surface area contributed by atoms with E-state index in [2.05, 4.69) is 79.8 Å². The van der Waals surface area contributed by atoms with Crippen LogP contribution in [-0.4, -0.2) is 129 Å². The fourth-order valence-corrected chi connectivity index (χ4v) is 9.52. The zero-order chi connectivity index (χ0) is 99.8. The largest absolute Gasteiger partial charge is 4.00 e. The van der Waals surface area contributed by atoms with E-state index in [0.717, 1.165) is 137 Å². The van der Waals surface area contributed by atoms with Crippen LogP contribution in [-0.2, 0) is 84.3 Å². The monoisotopic (exact) mass is 2370 g/mol. The molecule has 0 spiro atoms. The fraction of sp³-hybridized carbons (Fsp3) is 0.133. The van der Waals surface area contributed by atoms with Gasteiger partial charge in [-0.3, -0.25) is 6.38 Å². The van der Waals surface area contributed by atoms with Gasteiger partial charge in [-0.1, -0.05) is 196 Å². The van der Waals surface area contributed by atoms with Crippen LogP contribution < -0.4 is 89.7 Å². The van der Waals surface area contributed by atoms with E-state index in [9.17, 15) is 45.6 Å². The van der Waals surface area contributed by atoms with E-state index in [-0.39, 0.29) is 102 Å². The Balaban J connectivity index is 0. The number of ether oxygens (including phenoxy) is 12. The zero-order valence-corrected chi connectivity index (χ0v) is 89.5. The average molecular weight is 2370 g/mol. The standard InChI is InChI=1S/6C15H15N2O2.C6H6O4.CH2Cl2.CH2Cl.ClH.F6P.4Mo/c6*1-18-14-7-3-12(4-8-14)16-11-17-13-5-9-15(19-2)10-6-13;7-3-1-4(8)6(10)2-5(3)9;2-1-3;1-2;;1-7(2,3,4,5)6;;;;/h6*3-11H,1-2H3;1-2,7-10H;1H2;1H2;1H;;;;;/q6*-1;;;-1;;-1;3*+3;+4/p-5. The molecule has 0 saturated carbocycles. The molecule has 743 valence electrons. The molecule has 0 unspecified atom stereocenters. The molecule has 13 aromatic rings. The van der Waals surface area contributed by atoms with E-state index < -0.39 is 30.8 Å². The molecule has 0 heterocycles. The van der Waals surface area contributed by atoms with Gasteiger partial charge < -0.3 is 163 Å². The predicted molar refractivity (Wildman–Crippen MR) is 529 cm³/mol. The first-order chi connectivity index (χ1) is 65.4. The van der Waals surface area contributed by atoms with Crippen molar-refractivity contribution in [3.63, 3.8) is 0 Å². The molecule has 0 amide bonds. The van der Waals surface area contributed by atoms with Crippen LogP contribution in [0.3, 0.4) is 0 Å². The molecule has 0 saturated heterocycles. The van der Waals surface area contributed by atoms with Crippen molar-refractivity contribution in [1.29, 1.82) is 0 Å². The van der Waals surface area contributed by atoms with Gasteiger partial charge in [-0.15, -0.1) is 46.2 Å². The average Bonchev–Trinajstić information content (AvgIpc) is 0.788. The Kier molecular flexibility index (Phi) is 67.2. The Hall–Kier alpha value is -12.6. The van der Waals surface area contributed by atoms with Gasteiger partial charge >= 0.3 is 117 Å². The summed E-state index contributed by atoms with van der Waals surface area (Å²) >= 11 is 13.9. The maximum atomic E-state index is 10.3. The first-order valence-corrected chi connectivity index (χ1v) is 42.9. The third-order valence-electron chi connectivity index (χ3n) is 16.4. The van der Waals surface area contributed by atoms with Crippen LogP contribution >= 0.6 is 42.6 Å². The van der Waals surface area contributed by atoms with Crippen molar-refractivity contribution in [1.82, 2.24) is 0 Å². The van der Waals surface area contributed by atoms with Crippen LogP contribution in [0.15, 0.2) is 333 Å². The number of hydrogen-bond donors (Lipinski definition) is 0. The molecule has 0 N–H and O–H groups in total. The molecule has 0 aliphatic carbocycles. The van der Waals surface area contributed by atoms with Crippen LogP contribution in [0, 0.1) is 6.38 Å². The molecule has 0 aliphatic rings. The van der Waals surface area contributed by atoms with Crippen LogP contribution in [0.2, 0.25) is 0 Å². The first kappa shape index (κ1) is 130. The zero-order valence-electron chi connectivity index (χ0n) is 77.5. The molecular weight excluding hydrogens is 2270 g/mol. The van der Waals surface area contributed by atoms with E-state index in [1.54, 1.807) is 85.3 Å². The Labute approximate surface area is 894 Å². The van der Waals surface area contributed by atoms with Crippen molar-refractivity contribution in [3.05, 3.63) is 342 Å². The third-order valence-corrected chi connectivity index (χ3v) is 16.4. The van der Waals surface area contributed by atoms with E-state index in [4.69, 9.17) is 80.0 Å². The number of halogens is 10. The SMILES string of the molecule is COc1ccc(N=C[N-]c2ccc(OC)cc2)cc1.COc1ccc(N=C[N-]c2ccc(OC)cc2)cc1.COc1ccc(N=C[N-]c2ccc(OC)cc2)cc1.COc1ccc(N=C[N-]c2ccc(OC)cc2)cc1.COc1ccc(N=C[N-]c2ccc(OC)cc2)cc1.COc1ccc(N=C[N-]c2ccc(OC)cc2)cc1.ClCCl.F[P-](F)(F)(F)(F)F.[CH2-]Cl.[Cl-].[Mo+3].[Mo+3].[Mo+3].[Mo+4].[O-]c1cc([O-])c([O-])cc1[O-]. The summed E-state index contributed by atoms with van der Waals surface area (Å²) in [7, 11) is 8.98. The number of aliphatic imine (C=N–C) groups is 6. The topological polar surface area (TPSA) is 362 Å². The second-order valence-electron chi connectivity index (χ2n) is 25.4. The maximum Gasteiger partial charge on any atom is 4.00 e. The minimum Gasteiger partial charge on any atom is -1.00 e. The molecule has 28 nitrogen and oxygen atoms in total. The normalized spacial score (nSPS) is 10.4. The number of rotatable bonds is 30. The van der Waals surface area contributed by atoms with Gasteiger partial charge in [0.05, 0.1) is 90.7 Å². The molecule has 13 aromatic carbocycles. The van der Waals surface area contributed by atoms with Gasteiger partial charge in [0, 0.05) is 0 Å². The molecule has 0 aromatic heterocycles. The summed E-state index contributed by atoms with van der Waals surface area (Å²) in [6, 6.07) is 90.7. The third kappa shape index (κ3) is 59.6. The first-order valence-electron chi connectivity index (χ1n) is 39.3. The van der Waals surface area contributed by atoms with Crippen molar-refractivity contribution in [2.45, 2.75) is 0 Å². The van der Waals surface area contributed by atoms with Crippen molar-refractivity contribution < 1.29 is 199 Å². The molecule has 13 rings (SSSR count). The van der Waals surface area contributed by atoms with Gasteiger partial charge in [-0.2, -0.15) is 0 Å². The van der Waals surface area contributed by atoms with Gasteiger partial charge in [0.15, 0.2) is 0 Å². The molecule has 141 heavy (non-hydrogen) atoms. The molecule has 0 bridgehead atoms. The Morgan fingerprint density at radius 2 is 0.319 bits per heavy atom. The summed E-state index contributed by atoms with van der Waals surface area (Å²) in [5.74, 6) is 6.03. The summed E-state index contributed by atoms with van der Waals surface area (Å²) < 4.78 is 120. The Morgan fingerprint density at radius 1 is 0.234 bits per heavy atom. The number of hydrogen-bond acceptors (Lipinski definition) is 22. The second kappa shape index (κ2) is 72.6. The molecule has 43 heteroatoms. The number of alkyl halides is 2. The fourth-order valence-electron chi connectivity index (χ4n) is 9.52. The predicted octanol–water partition coefficient (Wildman–Crippen LogP) is 25.2. The van der Waals surface area contributed by atoms with Crippen LogP contribution in [0.1, 0.15) is 0 Å². The summed E-state index contributed by atoms with van der Waals surface area (Å²) in [6.45, 7) is 0. The quantitative estimate of drug-likeness (QED) is 0.00767. The van der Waals surface area contributed by atoms with Crippen molar-refractivity contribution >= 4 is 149 Å². The number of benzene rings is 13. The van der Waals surface area contributed by atoms with E-state index >= 15 is 0 Å². The smallest absolute Gasteiger partial charge is 1.00 e. The summed E-state index contributed by atoms with van der Waals surface area (Å²) in [5.41, 5.74) is 9.98. The van der Waals surface area contributed by atoms with Crippen LogP contribution in [0.5, 0.6) is 92.0 Å². The Bertz CT molecular complexity index is 4840. The van der Waals surface area contributed by atoms with E-state index in [1.807, 2.05) is 291 Å². The van der Waals surface area contributed by atoms with Crippen molar-refractivity contribution in [2.24, 2.45) is 30.0 Å². The second-order valence-corrected chi connectivity index (χ2v) is 28.1. The molecule has 0 aliphatic heterocycles. The Morgan fingerprint density at radius 3 is 0.404 bits per heavy atom. The maximum absolute atomic E-state index is 10.7. The molecular formula is C98H96Cl4F6Mo4N12O16P. The van der Waals surface area contributed by atoms with E-state index in [0.29, 0.717) is 12.1 Å².